The van der Waals surface area contributed by atoms with Crippen molar-refractivity contribution in [3.05, 3.63) is 48.0 Å². The highest BCUT2D eigenvalue weighted by atomic mass is 16.3. The maximum absolute atomic E-state index is 12.3. The highest BCUT2D eigenvalue weighted by Crippen LogP contribution is 2.33. The number of nitrogens with one attached hydrogen (secondary N) is 1. The number of phenols is 1. The SMILES string of the molecule is Cc1ccc2c(N3CCC(NC(=O)[C@@H](O)CC(C)C)CC3)nc(-c3ccccc3O)nc2c1.[HH].[HH]. The van der Waals surface area contributed by atoms with Crippen LogP contribution in [0.2, 0.25) is 0 Å². The minimum Gasteiger partial charge on any atom is -0.507 e. The lowest BCUT2D eigenvalue weighted by Crippen LogP contribution is -2.48. The number of piperidine rings is 1. The number of hydrogen-bond donors (Lipinski definition) is 3. The summed E-state index contributed by atoms with van der Waals surface area (Å²) in [5.41, 5.74) is 2.55. The Hall–Kier alpha value is -3.19. The Morgan fingerprint density at radius 2 is 1.91 bits per heavy atom. The van der Waals surface area contributed by atoms with Gasteiger partial charge in [-0.25, -0.2) is 9.97 Å². The van der Waals surface area contributed by atoms with Crippen molar-refractivity contribution in [2.24, 2.45) is 5.92 Å². The van der Waals surface area contributed by atoms with E-state index in [0.29, 0.717) is 17.8 Å². The number of para-hydroxylation sites is 1. The van der Waals surface area contributed by atoms with E-state index in [1.165, 1.54) is 0 Å². The van der Waals surface area contributed by atoms with Crippen molar-refractivity contribution in [2.45, 2.75) is 52.2 Å². The minimum absolute atomic E-state index is 0. The lowest BCUT2D eigenvalue weighted by atomic mass is 10.0. The molecule has 3 aromatic rings. The second-order valence-electron chi connectivity index (χ2n) is 9.32. The number of rotatable bonds is 6. The molecule has 0 bridgehead atoms. The summed E-state index contributed by atoms with van der Waals surface area (Å²) in [5.74, 6) is 1.46. The van der Waals surface area contributed by atoms with Crippen LogP contribution in [-0.2, 0) is 4.79 Å². The first-order valence-corrected chi connectivity index (χ1v) is 11.6. The molecule has 0 saturated carbocycles. The van der Waals surface area contributed by atoms with Crippen LogP contribution < -0.4 is 10.2 Å². The van der Waals surface area contributed by atoms with Crippen LogP contribution in [0.15, 0.2) is 42.5 Å². The van der Waals surface area contributed by atoms with Crippen molar-refractivity contribution in [2.75, 3.05) is 18.0 Å². The van der Waals surface area contributed by atoms with Crippen LogP contribution in [0.25, 0.3) is 22.3 Å². The summed E-state index contributed by atoms with van der Waals surface area (Å²) in [4.78, 5) is 24.1. The van der Waals surface area contributed by atoms with Gasteiger partial charge in [0.05, 0.1) is 11.1 Å². The van der Waals surface area contributed by atoms with Gasteiger partial charge in [-0.1, -0.05) is 32.0 Å². The van der Waals surface area contributed by atoms with Gasteiger partial charge in [0.25, 0.3) is 0 Å². The van der Waals surface area contributed by atoms with E-state index >= 15 is 0 Å². The zero-order valence-corrected chi connectivity index (χ0v) is 19.5. The van der Waals surface area contributed by atoms with Crippen LogP contribution in [0, 0.1) is 12.8 Å². The third kappa shape index (κ3) is 5.25. The molecule has 2 heterocycles. The molecule has 0 unspecified atom stereocenters. The molecule has 2 aromatic carbocycles. The summed E-state index contributed by atoms with van der Waals surface area (Å²) in [6, 6.07) is 13.3. The molecule has 1 fully saturated rings. The summed E-state index contributed by atoms with van der Waals surface area (Å²) >= 11 is 0. The number of carbonyl (C=O) groups is 1. The van der Waals surface area contributed by atoms with Gasteiger partial charge in [-0.15, -0.1) is 0 Å². The first kappa shape index (κ1) is 23.0. The Morgan fingerprint density at radius 3 is 2.61 bits per heavy atom. The van der Waals surface area contributed by atoms with E-state index in [1.807, 2.05) is 45.0 Å². The van der Waals surface area contributed by atoms with Crippen molar-refractivity contribution in [3.63, 3.8) is 0 Å². The van der Waals surface area contributed by atoms with Gasteiger partial charge < -0.3 is 20.4 Å². The second kappa shape index (κ2) is 9.75. The van der Waals surface area contributed by atoms with E-state index in [2.05, 4.69) is 16.3 Å². The normalized spacial score (nSPS) is 15.7. The number of fused-ring (bicyclic) bond motifs is 1. The number of aromatic nitrogens is 2. The Balaban J connectivity index is 0.00000216. The molecule has 7 heteroatoms. The smallest absolute Gasteiger partial charge is 0.249 e. The van der Waals surface area contributed by atoms with Crippen LogP contribution in [0.3, 0.4) is 0 Å². The molecule has 1 amide bonds. The molecule has 178 valence electrons. The monoisotopic (exact) mass is 452 g/mol. The molecule has 1 aromatic heterocycles. The maximum Gasteiger partial charge on any atom is 0.249 e. The number of amides is 1. The highest BCUT2D eigenvalue weighted by molar-refractivity contribution is 5.92. The molecule has 4 rings (SSSR count). The molecule has 1 atom stereocenters. The van der Waals surface area contributed by atoms with Crippen LogP contribution in [0.5, 0.6) is 5.75 Å². The topological polar surface area (TPSA) is 98.6 Å². The first-order valence-electron chi connectivity index (χ1n) is 11.6. The van der Waals surface area contributed by atoms with E-state index in [-0.39, 0.29) is 26.5 Å². The number of anilines is 1. The zero-order chi connectivity index (χ0) is 23.5. The summed E-state index contributed by atoms with van der Waals surface area (Å²) < 4.78 is 0. The lowest BCUT2D eigenvalue weighted by molar-refractivity contribution is -0.130. The summed E-state index contributed by atoms with van der Waals surface area (Å²) in [5, 5.41) is 24.4. The number of aliphatic hydroxyl groups is 1. The standard InChI is InChI=1S/C26H32N4O3.2H2/c1-16(2)14-23(32)26(33)27-18-10-12-30(13-11-18)25-19-9-8-17(3)15-21(19)28-24(29-25)20-6-4-5-7-22(20)31;;/h4-9,15-16,18,23,31-32H,10-14H2,1-3H3,(H,27,33);2*1H/t23-;;/m0../s1. The minimum atomic E-state index is -0.960. The number of carbonyl (C=O) groups excluding carboxylic acids is 1. The molecule has 0 spiro atoms. The lowest BCUT2D eigenvalue weighted by Gasteiger charge is -2.34. The Kier molecular flexibility index (Phi) is 6.79. The predicted molar refractivity (Wildman–Crippen MR) is 134 cm³/mol. The summed E-state index contributed by atoms with van der Waals surface area (Å²) in [6.45, 7) is 7.47. The van der Waals surface area contributed by atoms with E-state index in [0.717, 1.165) is 48.2 Å². The fourth-order valence-corrected chi connectivity index (χ4v) is 4.33. The van der Waals surface area contributed by atoms with E-state index in [1.54, 1.807) is 12.1 Å². The van der Waals surface area contributed by atoms with Gasteiger partial charge in [-0.3, -0.25) is 4.79 Å². The van der Waals surface area contributed by atoms with Crippen LogP contribution in [0.4, 0.5) is 5.82 Å². The Labute approximate surface area is 197 Å². The van der Waals surface area contributed by atoms with Crippen LogP contribution in [-0.4, -0.2) is 51.3 Å². The molecule has 1 saturated heterocycles. The number of hydrogen-bond acceptors (Lipinski definition) is 6. The molecule has 0 radical (unpaired) electrons. The molecule has 33 heavy (non-hydrogen) atoms. The Bertz CT molecular complexity index is 1150. The van der Waals surface area contributed by atoms with Gasteiger partial charge in [0.1, 0.15) is 17.7 Å². The van der Waals surface area contributed by atoms with Gasteiger partial charge in [0, 0.05) is 27.4 Å². The van der Waals surface area contributed by atoms with Gasteiger partial charge in [-0.05, 0) is 61.9 Å². The van der Waals surface area contributed by atoms with Crippen molar-refractivity contribution in [3.8, 4) is 17.1 Å². The number of benzene rings is 2. The van der Waals surface area contributed by atoms with Crippen molar-refractivity contribution >= 4 is 22.6 Å². The molecule has 3 N–H and O–H groups in total. The van der Waals surface area contributed by atoms with Gasteiger partial charge in [0.15, 0.2) is 5.82 Å². The van der Waals surface area contributed by atoms with Crippen molar-refractivity contribution in [1.82, 2.24) is 15.3 Å². The van der Waals surface area contributed by atoms with Gasteiger partial charge in [-0.2, -0.15) is 0 Å². The molecule has 1 aliphatic heterocycles. The summed E-state index contributed by atoms with van der Waals surface area (Å²) in [7, 11) is 0. The average Bonchev–Trinajstić information content (AvgIpc) is 2.78. The predicted octanol–water partition coefficient (Wildman–Crippen LogP) is 4.29. The third-order valence-electron chi connectivity index (χ3n) is 6.12. The van der Waals surface area contributed by atoms with Crippen LogP contribution >= 0.6 is 0 Å². The molecular weight excluding hydrogens is 416 g/mol. The molecule has 0 aliphatic carbocycles. The van der Waals surface area contributed by atoms with E-state index < -0.39 is 6.10 Å². The molecule has 7 nitrogen and oxygen atoms in total. The van der Waals surface area contributed by atoms with Crippen molar-refractivity contribution < 1.29 is 17.9 Å². The number of aliphatic hydroxyl groups excluding tert-OH is 1. The van der Waals surface area contributed by atoms with Gasteiger partial charge in [0.2, 0.25) is 5.91 Å². The highest BCUT2D eigenvalue weighted by Gasteiger charge is 2.26. The summed E-state index contributed by atoms with van der Waals surface area (Å²) in [6.07, 6.45) is 1.04. The third-order valence-corrected chi connectivity index (χ3v) is 6.12. The molecule has 1 aliphatic rings. The van der Waals surface area contributed by atoms with Crippen LogP contribution in [0.1, 0.15) is 41.5 Å². The maximum atomic E-state index is 12.3. The Morgan fingerprint density at radius 1 is 1.18 bits per heavy atom. The average molecular weight is 453 g/mol. The fourth-order valence-electron chi connectivity index (χ4n) is 4.33. The van der Waals surface area contributed by atoms with Crippen molar-refractivity contribution in [1.29, 1.82) is 0 Å². The number of aryl methyl sites for hydroxylation is 1. The fraction of sp³-hybridized carbons (Fsp3) is 0.423. The van der Waals surface area contributed by atoms with E-state index in [9.17, 15) is 15.0 Å². The number of aromatic hydroxyl groups is 1. The number of nitrogens with zero attached hydrogens (tertiary/aromatic N) is 3. The first-order chi connectivity index (χ1) is 15.8. The second-order valence-corrected chi connectivity index (χ2v) is 9.32. The van der Waals surface area contributed by atoms with Gasteiger partial charge >= 0.3 is 0 Å². The molecular formula is C26H36N4O3. The largest absolute Gasteiger partial charge is 0.507 e. The quantitative estimate of drug-likeness (QED) is 0.516. The zero-order valence-electron chi connectivity index (χ0n) is 19.5. The number of phenolic OH excluding ortho intramolecular Hbond substituents is 1. The van der Waals surface area contributed by atoms with E-state index in [4.69, 9.17) is 9.97 Å².